The number of rotatable bonds is 3. The van der Waals surface area contributed by atoms with Crippen LogP contribution in [0, 0.1) is 5.92 Å². The van der Waals surface area contributed by atoms with Gasteiger partial charge in [-0.3, -0.25) is 4.79 Å². The minimum Gasteiger partial charge on any atom is -0.481 e. The van der Waals surface area contributed by atoms with Crippen LogP contribution in [-0.4, -0.2) is 11.1 Å². The van der Waals surface area contributed by atoms with Gasteiger partial charge in [-0.1, -0.05) is 52.0 Å². The van der Waals surface area contributed by atoms with Crippen LogP contribution >= 0.6 is 0 Å². The first-order valence-corrected chi connectivity index (χ1v) is 5.63. The van der Waals surface area contributed by atoms with Gasteiger partial charge in [0, 0.05) is 0 Å². The van der Waals surface area contributed by atoms with Gasteiger partial charge in [-0.25, -0.2) is 0 Å². The second-order valence-electron chi connectivity index (χ2n) is 5.39. The molecule has 0 spiro atoms. The van der Waals surface area contributed by atoms with Gasteiger partial charge in [0.05, 0.1) is 5.92 Å². The molecule has 2 heteroatoms. The summed E-state index contributed by atoms with van der Waals surface area (Å²) in [6.07, 6.45) is 0.597. The predicted octanol–water partition coefficient (Wildman–Crippen LogP) is 3.25. The van der Waals surface area contributed by atoms with E-state index in [0.29, 0.717) is 6.42 Å². The number of carbonyl (C=O) groups is 1. The van der Waals surface area contributed by atoms with Gasteiger partial charge in [0.25, 0.3) is 0 Å². The Morgan fingerprint density at radius 1 is 1.25 bits per heavy atom. The number of hydrogen-bond donors (Lipinski definition) is 1. The van der Waals surface area contributed by atoms with Crippen molar-refractivity contribution >= 4 is 5.97 Å². The summed E-state index contributed by atoms with van der Waals surface area (Å²) >= 11 is 0. The SMILES string of the molecule is C[C@@H](Cc1ccc(C(C)(C)C)cc1)C(=O)O. The Morgan fingerprint density at radius 2 is 1.75 bits per heavy atom. The molecule has 1 N–H and O–H groups in total. The lowest BCUT2D eigenvalue weighted by Gasteiger charge is -2.19. The zero-order chi connectivity index (χ0) is 12.3. The largest absolute Gasteiger partial charge is 0.481 e. The smallest absolute Gasteiger partial charge is 0.306 e. The van der Waals surface area contributed by atoms with Crippen molar-refractivity contribution in [2.45, 2.75) is 39.5 Å². The third-order valence-electron chi connectivity index (χ3n) is 2.78. The summed E-state index contributed by atoms with van der Waals surface area (Å²) in [6.45, 7) is 8.24. The monoisotopic (exact) mass is 220 g/mol. The fraction of sp³-hybridized carbons (Fsp3) is 0.500. The van der Waals surface area contributed by atoms with Crippen LogP contribution < -0.4 is 0 Å². The highest BCUT2D eigenvalue weighted by atomic mass is 16.4. The van der Waals surface area contributed by atoms with Crippen molar-refractivity contribution < 1.29 is 9.90 Å². The lowest BCUT2D eigenvalue weighted by molar-refractivity contribution is -0.141. The van der Waals surface area contributed by atoms with Crippen LogP contribution in [0.25, 0.3) is 0 Å². The highest BCUT2D eigenvalue weighted by molar-refractivity contribution is 5.69. The summed E-state index contributed by atoms with van der Waals surface area (Å²) in [4.78, 5) is 10.7. The first kappa shape index (κ1) is 12.8. The zero-order valence-electron chi connectivity index (χ0n) is 10.4. The van der Waals surface area contributed by atoms with Crippen molar-refractivity contribution in [3.8, 4) is 0 Å². The lowest BCUT2D eigenvalue weighted by Crippen LogP contribution is -2.13. The van der Waals surface area contributed by atoms with Gasteiger partial charge in [0.15, 0.2) is 0 Å². The number of aliphatic carboxylic acids is 1. The molecule has 16 heavy (non-hydrogen) atoms. The van der Waals surface area contributed by atoms with E-state index in [1.165, 1.54) is 5.56 Å². The van der Waals surface area contributed by atoms with Crippen molar-refractivity contribution in [1.29, 1.82) is 0 Å². The van der Waals surface area contributed by atoms with E-state index in [4.69, 9.17) is 5.11 Å². The average Bonchev–Trinajstić information content (AvgIpc) is 2.17. The van der Waals surface area contributed by atoms with Gasteiger partial charge in [-0.15, -0.1) is 0 Å². The predicted molar refractivity (Wildman–Crippen MR) is 65.6 cm³/mol. The minimum absolute atomic E-state index is 0.150. The molecule has 0 bridgehead atoms. The maximum absolute atomic E-state index is 10.7. The van der Waals surface area contributed by atoms with E-state index in [0.717, 1.165) is 5.56 Å². The molecular formula is C14H20O2. The van der Waals surface area contributed by atoms with Gasteiger partial charge in [0.2, 0.25) is 0 Å². The van der Waals surface area contributed by atoms with E-state index in [9.17, 15) is 4.79 Å². The summed E-state index contributed by atoms with van der Waals surface area (Å²) in [5.41, 5.74) is 2.51. The Labute approximate surface area is 97.3 Å². The Bertz CT molecular complexity index is 357. The third kappa shape index (κ3) is 3.37. The maximum atomic E-state index is 10.7. The quantitative estimate of drug-likeness (QED) is 0.849. The van der Waals surface area contributed by atoms with Gasteiger partial charge >= 0.3 is 5.97 Å². The number of hydrogen-bond acceptors (Lipinski definition) is 1. The van der Waals surface area contributed by atoms with E-state index in [1.807, 2.05) is 12.1 Å². The van der Waals surface area contributed by atoms with Crippen molar-refractivity contribution in [1.82, 2.24) is 0 Å². The molecule has 0 amide bonds. The molecule has 0 radical (unpaired) electrons. The van der Waals surface area contributed by atoms with Crippen LogP contribution in [0.5, 0.6) is 0 Å². The molecule has 0 saturated carbocycles. The lowest BCUT2D eigenvalue weighted by atomic mass is 9.86. The van der Waals surface area contributed by atoms with Gasteiger partial charge < -0.3 is 5.11 Å². The molecule has 1 rings (SSSR count). The zero-order valence-corrected chi connectivity index (χ0v) is 10.4. The number of carboxylic acid groups (broad SMARTS) is 1. The first-order chi connectivity index (χ1) is 7.30. The molecule has 88 valence electrons. The van der Waals surface area contributed by atoms with Gasteiger partial charge in [-0.05, 0) is 23.0 Å². The summed E-state index contributed by atoms with van der Waals surface area (Å²) in [5, 5.41) is 8.83. The Balaban J connectivity index is 2.76. The van der Waals surface area contributed by atoms with Crippen LogP contribution in [0.1, 0.15) is 38.8 Å². The molecule has 0 fully saturated rings. The molecule has 0 unspecified atom stereocenters. The molecule has 1 atom stereocenters. The molecule has 1 aromatic carbocycles. The van der Waals surface area contributed by atoms with Gasteiger partial charge in [0.1, 0.15) is 0 Å². The Hall–Kier alpha value is -1.31. The van der Waals surface area contributed by atoms with Crippen molar-refractivity contribution in [3.63, 3.8) is 0 Å². The van der Waals surface area contributed by atoms with E-state index < -0.39 is 5.97 Å². The molecular weight excluding hydrogens is 200 g/mol. The van der Waals surface area contributed by atoms with Crippen molar-refractivity contribution in [2.24, 2.45) is 5.92 Å². The molecule has 0 aromatic heterocycles. The topological polar surface area (TPSA) is 37.3 Å². The van der Waals surface area contributed by atoms with Crippen LogP contribution in [0.3, 0.4) is 0 Å². The highest BCUT2D eigenvalue weighted by Crippen LogP contribution is 2.22. The molecule has 0 aliphatic rings. The molecule has 0 heterocycles. The summed E-state index contributed by atoms with van der Waals surface area (Å²) < 4.78 is 0. The molecule has 0 aliphatic heterocycles. The summed E-state index contributed by atoms with van der Waals surface area (Å²) in [6, 6.07) is 8.23. The summed E-state index contributed by atoms with van der Waals surface area (Å²) in [7, 11) is 0. The molecule has 0 saturated heterocycles. The van der Waals surface area contributed by atoms with Crippen molar-refractivity contribution in [3.05, 3.63) is 35.4 Å². The number of benzene rings is 1. The van der Waals surface area contributed by atoms with Crippen LogP contribution in [0.2, 0.25) is 0 Å². The fourth-order valence-corrected chi connectivity index (χ4v) is 1.58. The van der Waals surface area contributed by atoms with E-state index in [-0.39, 0.29) is 11.3 Å². The Morgan fingerprint density at radius 3 is 2.12 bits per heavy atom. The minimum atomic E-state index is -0.736. The number of carboxylic acids is 1. The standard InChI is InChI=1S/C14H20O2/c1-10(13(15)16)9-11-5-7-12(8-6-11)14(2,3)4/h5-8,10H,9H2,1-4H3,(H,15,16)/t10-/m0/s1. The summed E-state index contributed by atoms with van der Waals surface area (Å²) in [5.74, 6) is -1.06. The van der Waals surface area contributed by atoms with Crippen LogP contribution in [0.15, 0.2) is 24.3 Å². The maximum Gasteiger partial charge on any atom is 0.306 e. The second kappa shape index (κ2) is 4.69. The van der Waals surface area contributed by atoms with Crippen LogP contribution in [-0.2, 0) is 16.6 Å². The third-order valence-corrected chi connectivity index (χ3v) is 2.78. The Kier molecular flexibility index (Phi) is 3.74. The van der Waals surface area contributed by atoms with E-state index in [1.54, 1.807) is 6.92 Å². The second-order valence-corrected chi connectivity index (χ2v) is 5.39. The van der Waals surface area contributed by atoms with E-state index in [2.05, 4.69) is 32.9 Å². The molecule has 2 nitrogen and oxygen atoms in total. The normalized spacial score (nSPS) is 13.5. The molecule has 0 aliphatic carbocycles. The molecule has 1 aromatic rings. The van der Waals surface area contributed by atoms with Crippen LogP contribution in [0.4, 0.5) is 0 Å². The first-order valence-electron chi connectivity index (χ1n) is 5.63. The van der Waals surface area contributed by atoms with Crippen molar-refractivity contribution in [2.75, 3.05) is 0 Å². The highest BCUT2D eigenvalue weighted by Gasteiger charge is 2.14. The van der Waals surface area contributed by atoms with Gasteiger partial charge in [-0.2, -0.15) is 0 Å². The fourth-order valence-electron chi connectivity index (χ4n) is 1.58. The van der Waals surface area contributed by atoms with E-state index >= 15 is 0 Å². The average molecular weight is 220 g/mol.